The van der Waals surface area contributed by atoms with Gasteiger partial charge in [0.1, 0.15) is 0 Å². The van der Waals surface area contributed by atoms with E-state index in [4.69, 9.17) is 0 Å². The van der Waals surface area contributed by atoms with E-state index >= 15 is 0 Å². The Bertz CT molecular complexity index is 571. The SMILES string of the molecule is C[P]1(C(F)(F)F)c2ccccc2-c2ccccc21. The second-order valence-electron chi connectivity index (χ2n) is 4.51. The van der Waals surface area contributed by atoms with Crippen LogP contribution in [0.4, 0.5) is 13.2 Å². The molecule has 0 saturated carbocycles. The van der Waals surface area contributed by atoms with Crippen LogP contribution < -0.4 is 10.6 Å². The van der Waals surface area contributed by atoms with E-state index in [0.717, 1.165) is 11.1 Å². The molecule has 4 heteroatoms. The van der Waals surface area contributed by atoms with Crippen LogP contribution >= 0.6 is 7.26 Å². The quantitative estimate of drug-likeness (QED) is 0.637. The first-order valence-corrected chi connectivity index (χ1v) is 7.83. The minimum absolute atomic E-state index is 0.457. The van der Waals surface area contributed by atoms with Gasteiger partial charge >= 0.3 is 5.92 Å². The maximum absolute atomic E-state index is 13.6. The van der Waals surface area contributed by atoms with Crippen LogP contribution in [0.2, 0.25) is 0 Å². The van der Waals surface area contributed by atoms with Gasteiger partial charge in [-0.25, -0.2) is 0 Å². The van der Waals surface area contributed by atoms with Crippen LogP contribution in [-0.4, -0.2) is 12.6 Å². The van der Waals surface area contributed by atoms with Crippen molar-refractivity contribution in [3.63, 3.8) is 0 Å². The number of benzene rings is 2. The normalized spacial score (nSPS) is 16.2. The maximum atomic E-state index is 13.6. The number of alkyl halides is 3. The van der Waals surface area contributed by atoms with E-state index in [1.165, 1.54) is 6.66 Å². The summed E-state index contributed by atoms with van der Waals surface area (Å²) in [6.45, 7) is 1.37. The molecule has 1 radical (unpaired) electrons. The third-order valence-electron chi connectivity index (χ3n) is 3.57. The summed E-state index contributed by atoms with van der Waals surface area (Å²) in [6.07, 6.45) is 0. The highest BCUT2D eigenvalue weighted by atomic mass is 31.2. The van der Waals surface area contributed by atoms with Crippen LogP contribution in [0.15, 0.2) is 48.5 Å². The van der Waals surface area contributed by atoms with E-state index < -0.39 is 13.2 Å². The summed E-state index contributed by atoms with van der Waals surface area (Å²) < 4.78 is 40.7. The van der Waals surface area contributed by atoms with Gasteiger partial charge in [-0.3, -0.25) is 0 Å². The highest BCUT2D eigenvalue weighted by Gasteiger charge is 2.55. The zero-order valence-corrected chi connectivity index (χ0v) is 10.6. The molecular formula is C14H11F3P. The van der Waals surface area contributed by atoms with Gasteiger partial charge in [0.15, 0.2) is 0 Å². The van der Waals surface area contributed by atoms with Gasteiger partial charge in [-0.1, -0.05) is 48.5 Å². The molecule has 0 aliphatic carbocycles. The molecule has 0 bridgehead atoms. The molecule has 0 fully saturated rings. The van der Waals surface area contributed by atoms with Gasteiger partial charge in [-0.15, -0.1) is 0 Å². The van der Waals surface area contributed by atoms with Crippen molar-refractivity contribution in [3.05, 3.63) is 48.5 Å². The van der Waals surface area contributed by atoms with E-state index in [1.54, 1.807) is 48.5 Å². The Labute approximate surface area is 104 Å². The van der Waals surface area contributed by atoms with Gasteiger partial charge in [0.25, 0.3) is 0 Å². The Kier molecular flexibility index (Phi) is 2.33. The molecule has 0 unspecified atom stereocenters. The molecule has 0 aromatic heterocycles. The van der Waals surface area contributed by atoms with E-state index in [1.807, 2.05) is 0 Å². The number of halogens is 3. The maximum Gasteiger partial charge on any atom is 0.409 e. The van der Waals surface area contributed by atoms with Gasteiger partial charge in [0, 0.05) is 7.26 Å². The summed E-state index contributed by atoms with van der Waals surface area (Å²) in [6, 6.07) is 13.8. The largest absolute Gasteiger partial charge is 0.409 e. The lowest BCUT2D eigenvalue weighted by atomic mass is 10.1. The fourth-order valence-corrected chi connectivity index (χ4v) is 5.51. The molecule has 1 aliphatic rings. The first kappa shape index (κ1) is 11.7. The summed E-state index contributed by atoms with van der Waals surface area (Å²) in [5.74, 6) is -4.18. The molecule has 2 aromatic carbocycles. The molecule has 0 nitrogen and oxygen atoms in total. The molecule has 18 heavy (non-hydrogen) atoms. The number of rotatable bonds is 0. The highest BCUT2D eigenvalue weighted by molar-refractivity contribution is 7.90. The smallest absolute Gasteiger partial charge is 0.167 e. The van der Waals surface area contributed by atoms with Crippen LogP contribution in [0.5, 0.6) is 0 Å². The second kappa shape index (κ2) is 3.58. The lowest BCUT2D eigenvalue weighted by Gasteiger charge is -2.32. The molecule has 3 rings (SSSR count). The van der Waals surface area contributed by atoms with Crippen LogP contribution in [0.25, 0.3) is 11.1 Å². The average Bonchev–Trinajstić information content (AvgIpc) is 2.62. The molecule has 2 aromatic rings. The first-order chi connectivity index (χ1) is 8.46. The highest BCUT2D eigenvalue weighted by Crippen LogP contribution is 2.70. The number of hydrogen-bond acceptors (Lipinski definition) is 0. The minimum atomic E-state index is -4.18. The van der Waals surface area contributed by atoms with Crippen molar-refractivity contribution in [1.29, 1.82) is 0 Å². The molecule has 1 aliphatic heterocycles. The third kappa shape index (κ3) is 1.31. The molecule has 0 atom stereocenters. The topological polar surface area (TPSA) is 0 Å². The second-order valence-corrected chi connectivity index (χ2v) is 7.99. The van der Waals surface area contributed by atoms with Crippen molar-refractivity contribution in [3.8, 4) is 11.1 Å². The summed E-state index contributed by atoms with van der Waals surface area (Å²) in [4.78, 5) is 0. The fourth-order valence-electron chi connectivity index (χ4n) is 2.59. The van der Waals surface area contributed by atoms with Gasteiger partial charge in [-0.05, 0) is 28.4 Å². The Balaban J connectivity index is 2.41. The third-order valence-corrected chi connectivity index (χ3v) is 7.29. The summed E-state index contributed by atoms with van der Waals surface area (Å²) in [5.41, 5.74) is 1.47. The van der Waals surface area contributed by atoms with Gasteiger partial charge in [0.05, 0.1) is 0 Å². The summed E-state index contributed by atoms with van der Waals surface area (Å²) in [7, 11) is -3.28. The van der Waals surface area contributed by atoms with Crippen molar-refractivity contribution in [2.75, 3.05) is 6.66 Å². The minimum Gasteiger partial charge on any atom is -0.167 e. The number of hydrogen-bond donors (Lipinski definition) is 0. The predicted molar refractivity (Wildman–Crippen MR) is 70.0 cm³/mol. The van der Waals surface area contributed by atoms with Crippen molar-refractivity contribution in [2.24, 2.45) is 0 Å². The number of fused-ring (bicyclic) bond motifs is 3. The molecule has 0 N–H and O–H groups in total. The standard InChI is InChI=1S/C14H11F3P/c1-18(14(15,16)17)12-8-4-2-6-10(12)11-7-3-5-9-13(11)18/h2-9H,1H3. The monoisotopic (exact) mass is 267 g/mol. The van der Waals surface area contributed by atoms with Crippen LogP contribution in [0.1, 0.15) is 0 Å². The van der Waals surface area contributed by atoms with Crippen molar-refractivity contribution in [2.45, 2.75) is 5.92 Å². The molecule has 1 heterocycles. The van der Waals surface area contributed by atoms with Gasteiger partial charge in [0.2, 0.25) is 0 Å². The molecule has 0 saturated heterocycles. The van der Waals surface area contributed by atoms with E-state index in [0.29, 0.717) is 10.6 Å². The zero-order chi connectivity index (χ0) is 13.0. The lowest BCUT2D eigenvalue weighted by molar-refractivity contribution is -0.0406. The van der Waals surface area contributed by atoms with Gasteiger partial charge in [-0.2, -0.15) is 13.2 Å². The predicted octanol–water partition coefficient (Wildman–Crippen LogP) is 3.79. The average molecular weight is 267 g/mol. The van der Waals surface area contributed by atoms with Crippen LogP contribution in [0, 0.1) is 0 Å². The van der Waals surface area contributed by atoms with E-state index in [-0.39, 0.29) is 0 Å². The molecule has 93 valence electrons. The Morgan fingerprint density at radius 3 is 1.56 bits per heavy atom. The lowest BCUT2D eigenvalue weighted by Crippen LogP contribution is -2.29. The van der Waals surface area contributed by atoms with E-state index in [9.17, 15) is 13.2 Å². The van der Waals surface area contributed by atoms with Crippen LogP contribution in [-0.2, 0) is 0 Å². The van der Waals surface area contributed by atoms with Gasteiger partial charge < -0.3 is 0 Å². The van der Waals surface area contributed by atoms with Crippen molar-refractivity contribution in [1.82, 2.24) is 0 Å². The Hall–Kier alpha value is -1.34. The molecule has 0 amide bonds. The molecule has 0 spiro atoms. The van der Waals surface area contributed by atoms with Crippen LogP contribution in [0.3, 0.4) is 0 Å². The van der Waals surface area contributed by atoms with Crippen molar-refractivity contribution >= 4 is 17.9 Å². The summed E-state index contributed by atoms with van der Waals surface area (Å²) in [5, 5.41) is 0.914. The van der Waals surface area contributed by atoms with Crippen molar-refractivity contribution < 1.29 is 13.2 Å². The summed E-state index contributed by atoms with van der Waals surface area (Å²) >= 11 is 0. The molecular weight excluding hydrogens is 256 g/mol. The Morgan fingerprint density at radius 2 is 1.17 bits per heavy atom. The van der Waals surface area contributed by atoms with E-state index in [2.05, 4.69) is 0 Å². The Morgan fingerprint density at radius 1 is 0.778 bits per heavy atom. The first-order valence-electron chi connectivity index (χ1n) is 5.59. The fraction of sp³-hybridized carbons (Fsp3) is 0.143. The zero-order valence-electron chi connectivity index (χ0n) is 9.70.